The maximum Gasteiger partial charge on any atom is 0.255 e. The lowest BCUT2D eigenvalue weighted by molar-refractivity contribution is -0.115. The molecular weight excluding hydrogens is 432 g/mol. The van der Waals surface area contributed by atoms with E-state index < -0.39 is 0 Å². The number of halogens is 1. The van der Waals surface area contributed by atoms with Gasteiger partial charge in [0.1, 0.15) is 11.1 Å². The SMILES string of the molecule is COc1ccc(C)cc1N1C(=O)CSC1c1ccccc1NC(=O)c1cccc(Cl)c1. The van der Waals surface area contributed by atoms with Crippen LogP contribution in [-0.2, 0) is 4.79 Å². The van der Waals surface area contributed by atoms with Gasteiger partial charge in [0.05, 0.1) is 18.6 Å². The molecular formula is C24H21ClN2O3S. The van der Waals surface area contributed by atoms with E-state index in [-0.39, 0.29) is 17.2 Å². The summed E-state index contributed by atoms with van der Waals surface area (Å²) in [6.45, 7) is 1.98. The smallest absolute Gasteiger partial charge is 0.255 e. The first-order valence-electron chi connectivity index (χ1n) is 9.72. The number of ether oxygens (including phenoxy) is 1. The lowest BCUT2D eigenvalue weighted by Crippen LogP contribution is -2.29. The molecule has 3 aromatic rings. The summed E-state index contributed by atoms with van der Waals surface area (Å²) in [7, 11) is 1.59. The topological polar surface area (TPSA) is 58.6 Å². The van der Waals surface area contributed by atoms with Crippen molar-refractivity contribution in [2.24, 2.45) is 0 Å². The zero-order chi connectivity index (χ0) is 22.0. The van der Waals surface area contributed by atoms with Crippen molar-refractivity contribution in [2.75, 3.05) is 23.1 Å². The first-order chi connectivity index (χ1) is 15.0. The van der Waals surface area contributed by atoms with E-state index in [1.807, 2.05) is 49.4 Å². The Morgan fingerprint density at radius 3 is 2.71 bits per heavy atom. The normalized spacial score (nSPS) is 15.8. The number of para-hydroxylation sites is 1. The molecule has 5 nitrogen and oxygen atoms in total. The molecule has 1 aliphatic heterocycles. The van der Waals surface area contributed by atoms with Gasteiger partial charge in [0.15, 0.2) is 0 Å². The number of carbonyl (C=O) groups is 2. The minimum atomic E-state index is -0.293. The number of thioether (sulfide) groups is 1. The fraction of sp³-hybridized carbons (Fsp3) is 0.167. The molecule has 0 aliphatic carbocycles. The van der Waals surface area contributed by atoms with Gasteiger partial charge in [-0.1, -0.05) is 41.9 Å². The molecule has 3 aromatic carbocycles. The van der Waals surface area contributed by atoms with Gasteiger partial charge in [0.2, 0.25) is 5.91 Å². The van der Waals surface area contributed by atoms with Crippen LogP contribution >= 0.6 is 23.4 Å². The van der Waals surface area contributed by atoms with Crippen molar-refractivity contribution in [3.05, 3.63) is 88.4 Å². The van der Waals surface area contributed by atoms with E-state index in [4.69, 9.17) is 16.3 Å². The van der Waals surface area contributed by atoms with Crippen LogP contribution < -0.4 is 15.0 Å². The fourth-order valence-corrected chi connectivity index (χ4v) is 4.95. The lowest BCUT2D eigenvalue weighted by Gasteiger charge is -2.27. The Morgan fingerprint density at radius 1 is 1.13 bits per heavy atom. The Labute approximate surface area is 190 Å². The number of methoxy groups -OCH3 is 1. The molecule has 7 heteroatoms. The van der Waals surface area contributed by atoms with Gasteiger partial charge in [0.25, 0.3) is 5.91 Å². The van der Waals surface area contributed by atoms with E-state index in [9.17, 15) is 9.59 Å². The van der Waals surface area contributed by atoms with Crippen molar-refractivity contribution in [1.82, 2.24) is 0 Å². The number of hydrogen-bond donors (Lipinski definition) is 1. The Morgan fingerprint density at radius 2 is 1.94 bits per heavy atom. The molecule has 0 spiro atoms. The molecule has 0 saturated carbocycles. The van der Waals surface area contributed by atoms with Crippen molar-refractivity contribution >= 4 is 46.6 Å². The number of nitrogens with one attached hydrogen (secondary N) is 1. The van der Waals surface area contributed by atoms with Crippen molar-refractivity contribution in [3.63, 3.8) is 0 Å². The third-order valence-corrected chi connectivity index (χ3v) is 6.45. The molecule has 1 heterocycles. The van der Waals surface area contributed by atoms with Gasteiger partial charge in [-0.05, 0) is 48.9 Å². The number of benzene rings is 3. The third kappa shape index (κ3) is 4.40. The van der Waals surface area contributed by atoms with Crippen LogP contribution in [0.15, 0.2) is 66.7 Å². The fourth-order valence-electron chi connectivity index (χ4n) is 3.55. The van der Waals surface area contributed by atoms with Gasteiger partial charge >= 0.3 is 0 Å². The Bertz CT molecular complexity index is 1150. The highest BCUT2D eigenvalue weighted by atomic mass is 35.5. The number of rotatable bonds is 5. The summed E-state index contributed by atoms with van der Waals surface area (Å²) in [5.41, 5.74) is 3.71. The summed E-state index contributed by atoms with van der Waals surface area (Å²) in [4.78, 5) is 27.4. The van der Waals surface area contributed by atoms with Gasteiger partial charge in [-0.25, -0.2) is 0 Å². The highest BCUT2D eigenvalue weighted by Crippen LogP contribution is 2.46. The van der Waals surface area contributed by atoms with E-state index in [2.05, 4.69) is 5.32 Å². The molecule has 1 saturated heterocycles. The maximum absolute atomic E-state index is 12.9. The molecule has 1 unspecified atom stereocenters. The summed E-state index contributed by atoms with van der Waals surface area (Å²) in [5, 5.41) is 3.18. The van der Waals surface area contributed by atoms with Crippen LogP contribution in [0.4, 0.5) is 11.4 Å². The second-order valence-electron chi connectivity index (χ2n) is 7.15. The largest absolute Gasteiger partial charge is 0.495 e. The first kappa shape index (κ1) is 21.3. The van der Waals surface area contributed by atoms with Crippen molar-refractivity contribution in [3.8, 4) is 5.75 Å². The Kier molecular flexibility index (Phi) is 6.20. The summed E-state index contributed by atoms with van der Waals surface area (Å²) in [6, 6.07) is 20.1. The predicted molar refractivity (Wildman–Crippen MR) is 126 cm³/mol. The van der Waals surface area contributed by atoms with Gasteiger partial charge < -0.3 is 10.1 Å². The molecule has 0 radical (unpaired) electrons. The van der Waals surface area contributed by atoms with Crippen LogP contribution in [0.3, 0.4) is 0 Å². The number of anilines is 2. The average Bonchev–Trinajstić information content (AvgIpc) is 3.15. The zero-order valence-corrected chi connectivity index (χ0v) is 18.7. The molecule has 1 aliphatic rings. The molecule has 1 atom stereocenters. The second kappa shape index (κ2) is 9.04. The van der Waals surface area contributed by atoms with Crippen molar-refractivity contribution < 1.29 is 14.3 Å². The Hall–Kier alpha value is -2.96. The standard InChI is InChI=1S/C24H21ClN2O3S/c1-15-10-11-21(30-2)20(12-15)27-22(28)14-31-24(27)18-8-3-4-9-19(18)26-23(29)16-6-5-7-17(25)13-16/h3-13,24H,14H2,1-2H3,(H,26,29). The number of aryl methyl sites for hydroxylation is 1. The summed E-state index contributed by atoms with van der Waals surface area (Å²) in [6.07, 6.45) is 0. The minimum absolute atomic E-state index is 0.00475. The first-order valence-corrected chi connectivity index (χ1v) is 11.1. The van der Waals surface area contributed by atoms with Gasteiger partial charge in [-0.3, -0.25) is 14.5 Å². The van der Waals surface area contributed by atoms with E-state index in [0.717, 1.165) is 16.8 Å². The highest BCUT2D eigenvalue weighted by molar-refractivity contribution is 8.00. The highest BCUT2D eigenvalue weighted by Gasteiger charge is 2.37. The van der Waals surface area contributed by atoms with E-state index in [1.165, 1.54) is 11.8 Å². The van der Waals surface area contributed by atoms with Gasteiger partial charge in [0, 0.05) is 21.8 Å². The summed E-state index contributed by atoms with van der Waals surface area (Å²) in [5.74, 6) is 0.712. The monoisotopic (exact) mass is 452 g/mol. The molecule has 158 valence electrons. The predicted octanol–water partition coefficient (Wildman–Crippen LogP) is 5.69. The molecule has 0 bridgehead atoms. The van der Waals surface area contributed by atoms with Crippen LogP contribution in [0.5, 0.6) is 5.75 Å². The molecule has 0 aromatic heterocycles. The lowest BCUT2D eigenvalue weighted by atomic mass is 10.1. The molecule has 4 rings (SSSR count). The van der Waals surface area contributed by atoms with Crippen LogP contribution in [0.2, 0.25) is 5.02 Å². The summed E-state index contributed by atoms with van der Waals surface area (Å²) >= 11 is 7.55. The van der Waals surface area contributed by atoms with Gasteiger partial charge in [-0.15, -0.1) is 11.8 Å². The zero-order valence-electron chi connectivity index (χ0n) is 17.1. The summed E-state index contributed by atoms with van der Waals surface area (Å²) < 4.78 is 5.52. The maximum atomic E-state index is 12.9. The van der Waals surface area contributed by atoms with E-state index in [0.29, 0.717) is 27.8 Å². The van der Waals surface area contributed by atoms with Crippen LogP contribution in [-0.4, -0.2) is 24.7 Å². The minimum Gasteiger partial charge on any atom is -0.495 e. The van der Waals surface area contributed by atoms with Crippen molar-refractivity contribution in [2.45, 2.75) is 12.3 Å². The third-order valence-electron chi connectivity index (χ3n) is 5.02. The number of hydrogen-bond acceptors (Lipinski definition) is 4. The Balaban J connectivity index is 1.70. The second-order valence-corrected chi connectivity index (χ2v) is 8.66. The van der Waals surface area contributed by atoms with Crippen molar-refractivity contribution in [1.29, 1.82) is 0 Å². The number of carbonyl (C=O) groups excluding carboxylic acids is 2. The van der Waals surface area contributed by atoms with Crippen LogP contribution in [0.25, 0.3) is 0 Å². The van der Waals surface area contributed by atoms with Gasteiger partial charge in [-0.2, -0.15) is 0 Å². The number of amides is 2. The van der Waals surface area contributed by atoms with E-state index >= 15 is 0 Å². The molecule has 1 N–H and O–H groups in total. The number of nitrogens with zero attached hydrogens (tertiary/aromatic N) is 1. The molecule has 31 heavy (non-hydrogen) atoms. The van der Waals surface area contributed by atoms with E-state index in [1.54, 1.807) is 36.3 Å². The van der Waals surface area contributed by atoms with Crippen LogP contribution in [0.1, 0.15) is 26.9 Å². The molecule has 2 amide bonds. The molecule has 1 fully saturated rings. The quantitative estimate of drug-likeness (QED) is 0.540. The average molecular weight is 453 g/mol. The van der Waals surface area contributed by atoms with Crippen LogP contribution in [0, 0.1) is 6.92 Å².